The second-order valence-electron chi connectivity index (χ2n) is 4.66. The maximum Gasteiger partial charge on any atom is 0.240 e. The van der Waals surface area contributed by atoms with Crippen LogP contribution in [0.5, 0.6) is 0 Å². The Morgan fingerprint density at radius 2 is 1.43 bits per heavy atom. The van der Waals surface area contributed by atoms with Crippen LogP contribution in [0.25, 0.3) is 11.1 Å². The molecule has 0 radical (unpaired) electrons. The van der Waals surface area contributed by atoms with Crippen LogP contribution in [0.15, 0.2) is 53.4 Å². The van der Waals surface area contributed by atoms with Crippen molar-refractivity contribution in [1.29, 1.82) is 0 Å². The highest BCUT2D eigenvalue weighted by Gasteiger charge is 2.12. The van der Waals surface area contributed by atoms with Crippen LogP contribution in [0.3, 0.4) is 0 Å². The lowest BCUT2D eigenvalue weighted by Crippen LogP contribution is -2.22. The van der Waals surface area contributed by atoms with Gasteiger partial charge in [-0.2, -0.15) is 0 Å². The largest absolute Gasteiger partial charge is 0.295 e. The molecule has 4 nitrogen and oxygen atoms in total. The summed E-state index contributed by atoms with van der Waals surface area (Å²) in [6, 6.07) is 13.9. The van der Waals surface area contributed by atoms with E-state index in [1.165, 1.54) is 6.92 Å². The lowest BCUT2D eigenvalue weighted by atomic mass is 10.0. The molecule has 0 fully saturated rings. The zero-order chi connectivity index (χ0) is 15.5. The van der Waals surface area contributed by atoms with E-state index in [1.54, 1.807) is 43.3 Å². The molecule has 0 aliphatic rings. The van der Waals surface area contributed by atoms with Gasteiger partial charge in [0, 0.05) is 12.1 Å². The van der Waals surface area contributed by atoms with E-state index in [0.29, 0.717) is 12.1 Å². The third-order valence-electron chi connectivity index (χ3n) is 3.12. The zero-order valence-corrected chi connectivity index (χ0v) is 12.8. The lowest BCUT2D eigenvalue weighted by Gasteiger charge is -2.06. The summed E-state index contributed by atoms with van der Waals surface area (Å²) >= 11 is 0. The highest BCUT2D eigenvalue weighted by Crippen LogP contribution is 2.22. The van der Waals surface area contributed by atoms with Crippen molar-refractivity contribution < 1.29 is 13.2 Å². The topological polar surface area (TPSA) is 63.2 Å². The van der Waals surface area contributed by atoms with Crippen molar-refractivity contribution >= 4 is 15.8 Å². The SMILES string of the molecule is CCNS(=O)(=O)c1ccc(-c2ccc(C(C)=O)cc2)cc1. The van der Waals surface area contributed by atoms with Crippen molar-refractivity contribution in [2.24, 2.45) is 0 Å². The predicted octanol–water partition coefficient (Wildman–Crippen LogP) is 2.85. The summed E-state index contributed by atoms with van der Waals surface area (Å²) in [6.07, 6.45) is 0. The van der Waals surface area contributed by atoms with Gasteiger partial charge in [-0.3, -0.25) is 4.79 Å². The van der Waals surface area contributed by atoms with Crippen LogP contribution < -0.4 is 4.72 Å². The van der Waals surface area contributed by atoms with Gasteiger partial charge >= 0.3 is 0 Å². The van der Waals surface area contributed by atoms with Crippen molar-refractivity contribution in [2.75, 3.05) is 6.54 Å². The summed E-state index contributed by atoms with van der Waals surface area (Å²) in [5, 5.41) is 0. The summed E-state index contributed by atoms with van der Waals surface area (Å²) in [6.45, 7) is 3.62. The van der Waals surface area contributed by atoms with Gasteiger partial charge in [0.15, 0.2) is 5.78 Å². The molecule has 0 unspecified atom stereocenters. The first-order valence-electron chi connectivity index (χ1n) is 6.65. The van der Waals surface area contributed by atoms with Crippen molar-refractivity contribution in [3.8, 4) is 11.1 Å². The quantitative estimate of drug-likeness (QED) is 0.864. The van der Waals surface area contributed by atoms with E-state index >= 15 is 0 Å². The Hall–Kier alpha value is -1.98. The molecule has 0 atom stereocenters. The minimum absolute atomic E-state index is 0.0219. The molecule has 0 bridgehead atoms. The van der Waals surface area contributed by atoms with Gasteiger partial charge in [-0.05, 0) is 30.2 Å². The number of benzene rings is 2. The van der Waals surface area contributed by atoms with Crippen molar-refractivity contribution in [1.82, 2.24) is 4.72 Å². The molecule has 2 aromatic rings. The fraction of sp³-hybridized carbons (Fsp3) is 0.188. The minimum atomic E-state index is -3.42. The van der Waals surface area contributed by atoms with Crippen molar-refractivity contribution in [2.45, 2.75) is 18.7 Å². The minimum Gasteiger partial charge on any atom is -0.295 e. The molecule has 0 heterocycles. The van der Waals surface area contributed by atoms with Gasteiger partial charge in [0.25, 0.3) is 0 Å². The fourth-order valence-corrected chi connectivity index (χ4v) is 3.04. The Labute approximate surface area is 124 Å². The van der Waals surface area contributed by atoms with Gasteiger partial charge in [-0.1, -0.05) is 43.3 Å². The summed E-state index contributed by atoms with van der Waals surface area (Å²) in [7, 11) is -3.42. The Morgan fingerprint density at radius 3 is 1.86 bits per heavy atom. The molecule has 0 spiro atoms. The lowest BCUT2D eigenvalue weighted by molar-refractivity contribution is 0.101. The highest BCUT2D eigenvalue weighted by atomic mass is 32.2. The molecule has 2 rings (SSSR count). The summed E-state index contributed by atoms with van der Waals surface area (Å²) in [4.78, 5) is 11.5. The summed E-state index contributed by atoms with van der Waals surface area (Å²) in [5.74, 6) is 0.0219. The third-order valence-corrected chi connectivity index (χ3v) is 4.69. The van der Waals surface area contributed by atoms with E-state index in [-0.39, 0.29) is 10.7 Å². The highest BCUT2D eigenvalue weighted by molar-refractivity contribution is 7.89. The molecule has 0 amide bonds. The number of nitrogens with one attached hydrogen (secondary N) is 1. The van der Waals surface area contributed by atoms with Gasteiger partial charge in [-0.25, -0.2) is 13.1 Å². The van der Waals surface area contributed by atoms with Crippen LogP contribution >= 0.6 is 0 Å². The first kappa shape index (κ1) is 15.4. The Balaban J connectivity index is 2.29. The maximum atomic E-state index is 11.9. The third kappa shape index (κ3) is 3.56. The van der Waals surface area contributed by atoms with E-state index in [9.17, 15) is 13.2 Å². The molecule has 0 saturated heterocycles. The second kappa shape index (κ2) is 6.20. The average Bonchev–Trinajstić information content (AvgIpc) is 2.47. The van der Waals surface area contributed by atoms with Crippen LogP contribution in [-0.2, 0) is 10.0 Å². The van der Waals surface area contributed by atoms with Gasteiger partial charge in [0.05, 0.1) is 4.90 Å². The van der Waals surface area contributed by atoms with Gasteiger partial charge in [0.1, 0.15) is 0 Å². The molecular weight excluding hydrogens is 286 g/mol. The normalized spacial score (nSPS) is 11.3. The number of carbonyl (C=O) groups is 1. The molecule has 5 heteroatoms. The molecular formula is C16H17NO3S. The van der Waals surface area contributed by atoms with Crippen molar-refractivity contribution in [3.63, 3.8) is 0 Å². The Bertz CT molecular complexity index is 732. The van der Waals surface area contributed by atoms with E-state index in [0.717, 1.165) is 11.1 Å². The molecule has 0 saturated carbocycles. The molecule has 110 valence electrons. The second-order valence-corrected chi connectivity index (χ2v) is 6.43. The molecule has 0 aromatic heterocycles. The maximum absolute atomic E-state index is 11.9. The zero-order valence-electron chi connectivity index (χ0n) is 12.0. The fourth-order valence-electron chi connectivity index (χ4n) is 2.00. The predicted molar refractivity (Wildman–Crippen MR) is 82.7 cm³/mol. The Morgan fingerprint density at radius 1 is 0.952 bits per heavy atom. The molecule has 0 aliphatic carbocycles. The van der Waals surface area contributed by atoms with E-state index in [4.69, 9.17) is 0 Å². The van der Waals surface area contributed by atoms with E-state index in [2.05, 4.69) is 4.72 Å². The van der Waals surface area contributed by atoms with Crippen molar-refractivity contribution in [3.05, 3.63) is 54.1 Å². The standard InChI is InChI=1S/C16H17NO3S/c1-3-17-21(19,20)16-10-8-15(9-11-16)14-6-4-13(5-7-14)12(2)18/h4-11,17H,3H2,1-2H3. The van der Waals surface area contributed by atoms with Crippen LogP contribution in [0.4, 0.5) is 0 Å². The summed E-state index contributed by atoms with van der Waals surface area (Å²) < 4.78 is 26.2. The van der Waals surface area contributed by atoms with Crippen LogP contribution in [0, 0.1) is 0 Å². The first-order valence-corrected chi connectivity index (χ1v) is 8.13. The number of hydrogen-bond donors (Lipinski definition) is 1. The first-order chi connectivity index (χ1) is 9.94. The number of ketones is 1. The number of carbonyl (C=O) groups excluding carboxylic acids is 1. The monoisotopic (exact) mass is 303 g/mol. The van der Waals surface area contributed by atoms with Crippen LogP contribution in [0.1, 0.15) is 24.2 Å². The van der Waals surface area contributed by atoms with Gasteiger partial charge in [-0.15, -0.1) is 0 Å². The van der Waals surface area contributed by atoms with Crippen LogP contribution in [0.2, 0.25) is 0 Å². The number of rotatable bonds is 5. The molecule has 2 aromatic carbocycles. The molecule has 0 aliphatic heterocycles. The number of hydrogen-bond acceptors (Lipinski definition) is 3. The smallest absolute Gasteiger partial charge is 0.240 e. The number of Topliss-reactive ketones (excluding diaryl/α,β-unsaturated/α-hetero) is 1. The van der Waals surface area contributed by atoms with Crippen LogP contribution in [-0.4, -0.2) is 20.7 Å². The molecule has 21 heavy (non-hydrogen) atoms. The number of sulfonamides is 1. The van der Waals surface area contributed by atoms with E-state index in [1.807, 2.05) is 12.1 Å². The summed E-state index contributed by atoms with van der Waals surface area (Å²) in [5.41, 5.74) is 2.50. The molecule has 1 N–H and O–H groups in total. The Kier molecular flexibility index (Phi) is 4.55. The van der Waals surface area contributed by atoms with Gasteiger partial charge < -0.3 is 0 Å². The average molecular weight is 303 g/mol. The van der Waals surface area contributed by atoms with Gasteiger partial charge in [0.2, 0.25) is 10.0 Å². The van der Waals surface area contributed by atoms with E-state index < -0.39 is 10.0 Å².